The van der Waals surface area contributed by atoms with Crippen LogP contribution in [0.15, 0.2) is 54.6 Å². The summed E-state index contributed by atoms with van der Waals surface area (Å²) in [7, 11) is 1.93. The van der Waals surface area contributed by atoms with Gasteiger partial charge in [-0.1, -0.05) is 32.9 Å². The number of halogens is 3. The van der Waals surface area contributed by atoms with Gasteiger partial charge in [-0.15, -0.1) is 0 Å². The number of piperidine rings is 1. The summed E-state index contributed by atoms with van der Waals surface area (Å²) in [6, 6.07) is 14.8. The van der Waals surface area contributed by atoms with Crippen molar-refractivity contribution in [1.29, 1.82) is 0 Å². The Balaban J connectivity index is 1.37. The smallest absolute Gasteiger partial charge is 0.417 e. The monoisotopic (exact) mass is 485 g/mol. The molecule has 35 heavy (non-hydrogen) atoms. The largest absolute Gasteiger partial charge is 0.490 e. The maximum atomic E-state index is 13.3. The van der Waals surface area contributed by atoms with Gasteiger partial charge in [0.2, 0.25) is 0 Å². The van der Waals surface area contributed by atoms with Gasteiger partial charge in [-0.2, -0.15) is 18.3 Å². The predicted octanol–water partition coefficient (Wildman–Crippen LogP) is 6.09. The Morgan fingerprint density at radius 1 is 1.00 bits per heavy atom. The summed E-state index contributed by atoms with van der Waals surface area (Å²) in [6.45, 7) is 7.08. The Labute approximate surface area is 203 Å². The lowest BCUT2D eigenvalue weighted by molar-refractivity contribution is -0.138. The van der Waals surface area contributed by atoms with Crippen LogP contribution < -0.4 is 4.74 Å². The number of hydrogen-bond acceptors (Lipinski definition) is 3. The molecule has 2 aromatic carbocycles. The number of alkyl halides is 3. The van der Waals surface area contributed by atoms with Crippen LogP contribution in [0.3, 0.4) is 0 Å². The number of likely N-dealkylation sites (tertiary alicyclic amines) is 1. The van der Waals surface area contributed by atoms with Crippen LogP contribution in [0, 0.1) is 0 Å². The molecule has 5 nitrogen and oxygen atoms in total. The second kappa shape index (κ2) is 9.40. The molecule has 0 radical (unpaired) electrons. The maximum Gasteiger partial charge on any atom is 0.417 e. The molecule has 1 amide bonds. The molecule has 0 atom stereocenters. The van der Waals surface area contributed by atoms with Crippen LogP contribution in [0.2, 0.25) is 0 Å². The molecule has 0 spiro atoms. The van der Waals surface area contributed by atoms with Gasteiger partial charge in [0, 0.05) is 44.0 Å². The van der Waals surface area contributed by atoms with Crippen molar-refractivity contribution < 1.29 is 22.7 Å². The molecule has 1 aromatic heterocycles. The molecule has 4 rings (SSSR count). The van der Waals surface area contributed by atoms with E-state index in [1.165, 1.54) is 23.1 Å². The van der Waals surface area contributed by atoms with Crippen LogP contribution in [0.4, 0.5) is 13.2 Å². The van der Waals surface area contributed by atoms with Gasteiger partial charge in [0.1, 0.15) is 11.9 Å². The highest BCUT2D eigenvalue weighted by Crippen LogP contribution is 2.33. The summed E-state index contributed by atoms with van der Waals surface area (Å²) < 4.78 is 47.9. The fraction of sp³-hybridized carbons (Fsp3) is 0.407. The first kappa shape index (κ1) is 24.8. The van der Waals surface area contributed by atoms with E-state index in [2.05, 4.69) is 31.9 Å². The van der Waals surface area contributed by atoms with Crippen molar-refractivity contribution in [3.8, 4) is 17.0 Å². The topological polar surface area (TPSA) is 47.4 Å². The second-order valence-electron chi connectivity index (χ2n) is 9.97. The molecule has 0 bridgehead atoms. The van der Waals surface area contributed by atoms with Crippen LogP contribution in [0.1, 0.15) is 55.2 Å². The minimum atomic E-state index is -4.57. The van der Waals surface area contributed by atoms with Crippen molar-refractivity contribution >= 4 is 5.91 Å². The maximum absolute atomic E-state index is 13.3. The second-order valence-corrected chi connectivity index (χ2v) is 9.97. The number of rotatable bonds is 4. The molecule has 3 aromatic rings. The van der Waals surface area contributed by atoms with E-state index in [0.717, 1.165) is 28.8 Å². The molecule has 1 aliphatic heterocycles. The zero-order valence-corrected chi connectivity index (χ0v) is 20.4. The fourth-order valence-electron chi connectivity index (χ4n) is 4.26. The van der Waals surface area contributed by atoms with Gasteiger partial charge in [0.15, 0.2) is 0 Å². The third kappa shape index (κ3) is 5.52. The average molecular weight is 486 g/mol. The van der Waals surface area contributed by atoms with Crippen molar-refractivity contribution in [3.63, 3.8) is 0 Å². The number of amides is 1. The van der Waals surface area contributed by atoms with Crippen molar-refractivity contribution in [2.75, 3.05) is 13.1 Å². The van der Waals surface area contributed by atoms with Gasteiger partial charge in [0.05, 0.1) is 22.5 Å². The highest BCUT2D eigenvalue weighted by Gasteiger charge is 2.36. The summed E-state index contributed by atoms with van der Waals surface area (Å²) in [5, 5.41) is 4.63. The number of hydrogen-bond donors (Lipinski definition) is 0. The minimum Gasteiger partial charge on any atom is -0.490 e. The normalized spacial score (nSPS) is 15.3. The van der Waals surface area contributed by atoms with E-state index < -0.39 is 17.6 Å². The molecule has 186 valence electrons. The van der Waals surface area contributed by atoms with Gasteiger partial charge in [-0.25, -0.2) is 0 Å². The lowest BCUT2D eigenvalue weighted by atomic mass is 9.92. The zero-order valence-electron chi connectivity index (χ0n) is 20.4. The van der Waals surface area contributed by atoms with E-state index in [-0.39, 0.29) is 17.1 Å². The average Bonchev–Trinajstić information content (AvgIpc) is 3.21. The molecule has 2 heterocycles. The first-order valence-electron chi connectivity index (χ1n) is 11.7. The minimum absolute atomic E-state index is 0.0376. The lowest BCUT2D eigenvalue weighted by Crippen LogP contribution is -2.42. The van der Waals surface area contributed by atoms with Gasteiger partial charge in [-0.05, 0) is 42.5 Å². The first-order chi connectivity index (χ1) is 16.4. The lowest BCUT2D eigenvalue weighted by Gasteiger charge is -2.32. The standard InChI is InChI=1S/C27H30F3N3O2/c1-26(2,3)24-17-23(32(4)31-24)18-9-11-19(12-10-18)35-20-13-15-33(16-14-20)25(34)21-7-5-6-8-22(21)27(28,29)30/h5-12,17,20H,13-16H2,1-4H3. The van der Waals surface area contributed by atoms with E-state index >= 15 is 0 Å². The molecule has 1 saturated heterocycles. The van der Waals surface area contributed by atoms with E-state index in [0.29, 0.717) is 25.9 Å². The van der Waals surface area contributed by atoms with Gasteiger partial charge in [-0.3, -0.25) is 9.48 Å². The highest BCUT2D eigenvalue weighted by molar-refractivity contribution is 5.96. The SMILES string of the molecule is Cn1nc(C(C)(C)C)cc1-c1ccc(OC2CCN(C(=O)c3ccccc3C(F)(F)F)CC2)cc1. The van der Waals surface area contributed by atoms with Crippen LogP contribution in [-0.4, -0.2) is 39.8 Å². The summed E-state index contributed by atoms with van der Waals surface area (Å²) in [6.07, 6.45) is -3.56. The summed E-state index contributed by atoms with van der Waals surface area (Å²) in [5.74, 6) is 0.130. The van der Waals surface area contributed by atoms with Crippen molar-refractivity contribution in [2.24, 2.45) is 7.05 Å². The molecular weight excluding hydrogens is 455 g/mol. The number of carbonyl (C=O) groups excluding carboxylic acids is 1. The van der Waals surface area contributed by atoms with Crippen molar-refractivity contribution in [3.05, 3.63) is 71.4 Å². The van der Waals surface area contributed by atoms with Crippen molar-refractivity contribution in [2.45, 2.75) is 51.3 Å². The number of nitrogens with zero attached hydrogens (tertiary/aromatic N) is 3. The van der Waals surface area contributed by atoms with Gasteiger partial charge < -0.3 is 9.64 Å². The van der Waals surface area contributed by atoms with E-state index in [4.69, 9.17) is 4.74 Å². The number of aryl methyl sites for hydroxylation is 1. The number of benzene rings is 2. The molecule has 8 heteroatoms. The Hall–Kier alpha value is -3.29. The fourth-order valence-corrected chi connectivity index (χ4v) is 4.26. The highest BCUT2D eigenvalue weighted by atomic mass is 19.4. The zero-order chi connectivity index (χ0) is 25.4. The van der Waals surface area contributed by atoms with E-state index in [1.54, 1.807) is 0 Å². The first-order valence-corrected chi connectivity index (χ1v) is 11.7. The molecule has 0 aliphatic carbocycles. The molecule has 0 N–H and O–H groups in total. The predicted molar refractivity (Wildman–Crippen MR) is 128 cm³/mol. The third-order valence-corrected chi connectivity index (χ3v) is 6.29. The third-order valence-electron chi connectivity index (χ3n) is 6.29. The van der Waals surface area contributed by atoms with Crippen LogP contribution in [0.25, 0.3) is 11.3 Å². The van der Waals surface area contributed by atoms with Crippen LogP contribution >= 0.6 is 0 Å². The summed E-state index contributed by atoms with van der Waals surface area (Å²) in [5.41, 5.74) is 1.84. The summed E-state index contributed by atoms with van der Waals surface area (Å²) in [4.78, 5) is 14.2. The van der Waals surface area contributed by atoms with Gasteiger partial charge >= 0.3 is 6.18 Å². The Morgan fingerprint density at radius 3 is 2.20 bits per heavy atom. The number of aromatic nitrogens is 2. The molecule has 1 aliphatic rings. The quantitative estimate of drug-likeness (QED) is 0.450. The Bertz CT molecular complexity index is 1190. The van der Waals surface area contributed by atoms with E-state index in [1.807, 2.05) is 36.0 Å². The number of ether oxygens (including phenoxy) is 1. The van der Waals surface area contributed by atoms with Crippen LogP contribution in [0.5, 0.6) is 5.75 Å². The van der Waals surface area contributed by atoms with Gasteiger partial charge in [0.25, 0.3) is 5.91 Å². The van der Waals surface area contributed by atoms with Crippen LogP contribution in [-0.2, 0) is 18.6 Å². The molecule has 0 saturated carbocycles. The molecular formula is C27H30F3N3O2. The Kier molecular flexibility index (Phi) is 6.66. The summed E-state index contributed by atoms with van der Waals surface area (Å²) >= 11 is 0. The number of carbonyl (C=O) groups is 1. The van der Waals surface area contributed by atoms with Crippen molar-refractivity contribution in [1.82, 2.24) is 14.7 Å². The molecule has 0 unspecified atom stereocenters. The van der Waals surface area contributed by atoms with E-state index in [9.17, 15) is 18.0 Å². The Morgan fingerprint density at radius 2 is 1.63 bits per heavy atom. The molecule has 1 fully saturated rings.